The number of hydrogen-bond donors (Lipinski definition) is 0. The van der Waals surface area contributed by atoms with Crippen molar-refractivity contribution in [1.82, 2.24) is 0 Å². The van der Waals surface area contributed by atoms with Crippen LogP contribution in [0.15, 0.2) is 121 Å². The molecule has 0 atom stereocenters. The molecule has 0 bridgehead atoms. The van der Waals surface area contributed by atoms with Gasteiger partial charge < -0.3 is 0 Å². The Morgan fingerprint density at radius 3 is 0.966 bits per heavy atom. The summed E-state index contributed by atoms with van der Waals surface area (Å²) in [6.45, 7) is -0.591. The Kier molecular flexibility index (Phi) is 5.65. The van der Waals surface area contributed by atoms with Crippen LogP contribution in [-0.4, -0.2) is 6.16 Å². The number of unbranched alkanes of at least 4 members (excludes halogenated alkanes) is 1. The second-order valence-electron chi connectivity index (χ2n) is 7.72. The molecule has 0 saturated heterocycles. The zero-order chi connectivity index (χ0) is 20.0. The van der Waals surface area contributed by atoms with Crippen LogP contribution in [0.3, 0.4) is 0 Å². The number of hydrogen-bond acceptors (Lipinski definition) is 0. The van der Waals surface area contributed by atoms with Gasteiger partial charge in [0, 0.05) is 0 Å². The molecule has 4 rings (SSSR count). The molecule has 0 nitrogen and oxygen atoms in total. The summed E-state index contributed by atoms with van der Waals surface area (Å²) in [4.78, 5) is 0. The van der Waals surface area contributed by atoms with E-state index in [1.807, 2.05) is 0 Å². The zero-order valence-corrected chi connectivity index (χ0v) is 18.0. The molecule has 0 radical (unpaired) electrons. The molecule has 0 saturated carbocycles. The van der Waals surface area contributed by atoms with E-state index in [4.69, 9.17) is 0 Å². The first kappa shape index (κ1) is 19.6. The maximum atomic E-state index is 2.36. The summed E-state index contributed by atoms with van der Waals surface area (Å²) in [6, 6.07) is 45.1. The molecule has 1 heteroatoms. The Labute approximate surface area is 175 Å². The van der Waals surface area contributed by atoms with Crippen LogP contribution in [-0.2, 0) is 0 Å². The van der Waals surface area contributed by atoms with E-state index in [-0.39, 0.29) is 0 Å². The molecule has 0 unspecified atom stereocenters. The van der Waals surface area contributed by atoms with Crippen molar-refractivity contribution in [2.45, 2.75) is 19.8 Å². The van der Waals surface area contributed by atoms with Crippen LogP contribution in [0.5, 0.6) is 0 Å². The molecule has 146 valence electrons. The third kappa shape index (κ3) is 3.04. The summed E-state index contributed by atoms with van der Waals surface area (Å²) < 4.78 is 0. The molecular formula is C28H29P. The summed E-state index contributed by atoms with van der Waals surface area (Å²) in [5.41, 5.74) is 0. The molecule has 0 aliphatic rings. The van der Waals surface area contributed by atoms with Crippen LogP contribution in [0.4, 0.5) is 0 Å². The second kappa shape index (κ2) is 8.36. The van der Waals surface area contributed by atoms with Crippen LogP contribution < -0.4 is 21.2 Å². The van der Waals surface area contributed by atoms with Gasteiger partial charge in [0.15, 0.2) is 0 Å². The van der Waals surface area contributed by atoms with Crippen LogP contribution >= 0.6 is 6.60 Å². The first-order valence-electron chi connectivity index (χ1n) is 10.6. The van der Waals surface area contributed by atoms with Crippen molar-refractivity contribution in [3.05, 3.63) is 121 Å². The molecule has 0 aliphatic carbocycles. The van der Waals surface area contributed by atoms with E-state index in [1.54, 1.807) is 0 Å². The predicted octanol–water partition coefficient (Wildman–Crippen LogP) is 5.64. The van der Waals surface area contributed by atoms with Crippen LogP contribution in [0.25, 0.3) is 0 Å². The van der Waals surface area contributed by atoms with Crippen LogP contribution in [0.1, 0.15) is 19.8 Å². The summed E-state index contributed by atoms with van der Waals surface area (Å²) in [5, 5.41) is 5.82. The van der Waals surface area contributed by atoms with Gasteiger partial charge in [-0.2, -0.15) is 0 Å². The summed E-state index contributed by atoms with van der Waals surface area (Å²) >= 11 is 0. The Morgan fingerprint density at radius 1 is 0.448 bits per heavy atom. The number of rotatable bonds is 7. The molecule has 4 aromatic carbocycles. The fraction of sp³-hybridized carbons (Fsp3) is 0.143. The average molecular weight is 397 g/mol. The Morgan fingerprint density at radius 2 is 0.724 bits per heavy atom. The molecule has 0 heterocycles. The minimum atomic E-state index is -2.89. The normalized spacial score (nSPS) is 12.8. The van der Waals surface area contributed by atoms with E-state index < -0.39 is 6.60 Å². The van der Waals surface area contributed by atoms with Crippen molar-refractivity contribution in [2.24, 2.45) is 0 Å². The fourth-order valence-corrected chi connectivity index (χ4v) is 12.0. The minimum absolute atomic E-state index is 1.14. The van der Waals surface area contributed by atoms with E-state index >= 15 is 0 Å². The third-order valence-electron chi connectivity index (χ3n) is 6.26. The van der Waals surface area contributed by atoms with Crippen LogP contribution in [0, 0.1) is 0 Å². The monoisotopic (exact) mass is 396 g/mol. The van der Waals surface area contributed by atoms with Gasteiger partial charge >= 0.3 is 175 Å². The summed E-state index contributed by atoms with van der Waals surface area (Å²) in [5.74, 6) is 0. The van der Waals surface area contributed by atoms with Gasteiger partial charge in [-0.25, -0.2) is 0 Å². The first-order chi connectivity index (χ1) is 14.3. The molecule has 0 aromatic heterocycles. The average Bonchev–Trinajstić information content (AvgIpc) is 2.83. The van der Waals surface area contributed by atoms with Gasteiger partial charge in [-0.05, 0) is 0 Å². The van der Waals surface area contributed by atoms with Gasteiger partial charge in [0.25, 0.3) is 0 Å². The van der Waals surface area contributed by atoms with Gasteiger partial charge in [0.2, 0.25) is 0 Å². The van der Waals surface area contributed by atoms with Gasteiger partial charge in [-0.3, -0.25) is 0 Å². The van der Waals surface area contributed by atoms with Crippen molar-refractivity contribution >= 4 is 27.8 Å². The summed E-state index contributed by atoms with van der Waals surface area (Å²) in [6.07, 6.45) is 3.51. The van der Waals surface area contributed by atoms with Crippen molar-refractivity contribution < 1.29 is 0 Å². The molecule has 29 heavy (non-hydrogen) atoms. The molecule has 0 N–H and O–H groups in total. The van der Waals surface area contributed by atoms with Gasteiger partial charge in [0.05, 0.1) is 0 Å². The standard InChI is InChI=1S/C28H29P/c1-2-3-24-29(25-16-8-4-9-17-25,26-18-10-5-11-19-26,27-20-12-6-13-21-27)28-22-14-7-15-23-28/h4-23H,2-3,24H2,1H3. The van der Waals surface area contributed by atoms with E-state index in [9.17, 15) is 0 Å². The molecular weight excluding hydrogens is 367 g/mol. The zero-order valence-electron chi connectivity index (χ0n) is 17.1. The van der Waals surface area contributed by atoms with Gasteiger partial charge in [-0.15, -0.1) is 0 Å². The Hall–Kier alpha value is -2.69. The Balaban J connectivity index is 2.25. The molecule has 4 aromatic rings. The first-order valence-corrected chi connectivity index (χ1v) is 13.0. The fourth-order valence-electron chi connectivity index (χ4n) is 4.91. The van der Waals surface area contributed by atoms with Crippen LogP contribution in [0.2, 0.25) is 0 Å². The predicted molar refractivity (Wildman–Crippen MR) is 131 cm³/mol. The summed E-state index contributed by atoms with van der Waals surface area (Å²) in [7, 11) is 0. The molecule has 0 spiro atoms. The maximum absolute atomic E-state index is 2.89. The van der Waals surface area contributed by atoms with Crippen molar-refractivity contribution in [3.63, 3.8) is 0 Å². The van der Waals surface area contributed by atoms with Crippen molar-refractivity contribution in [1.29, 1.82) is 0 Å². The van der Waals surface area contributed by atoms with Crippen molar-refractivity contribution in [3.8, 4) is 0 Å². The molecule has 0 aliphatic heterocycles. The van der Waals surface area contributed by atoms with Gasteiger partial charge in [-0.1, -0.05) is 0 Å². The van der Waals surface area contributed by atoms with E-state index in [0.717, 1.165) is 6.16 Å². The van der Waals surface area contributed by atoms with E-state index in [1.165, 1.54) is 34.1 Å². The SMILES string of the molecule is CCCCP(c1ccccc1)(c1ccccc1)(c1ccccc1)c1ccccc1. The number of benzene rings is 4. The Bertz CT molecular complexity index is 855. The second-order valence-corrected chi connectivity index (χ2v) is 12.8. The van der Waals surface area contributed by atoms with E-state index in [2.05, 4.69) is 128 Å². The third-order valence-corrected chi connectivity index (χ3v) is 13.2. The molecule has 0 fully saturated rings. The van der Waals surface area contributed by atoms with Crippen molar-refractivity contribution in [2.75, 3.05) is 6.16 Å². The van der Waals surface area contributed by atoms with E-state index in [0.29, 0.717) is 0 Å². The topological polar surface area (TPSA) is 0 Å². The van der Waals surface area contributed by atoms with Gasteiger partial charge in [0.1, 0.15) is 0 Å². The molecule has 0 amide bonds. The quantitative estimate of drug-likeness (QED) is 0.355.